The predicted octanol–water partition coefficient (Wildman–Crippen LogP) is 7.00. The van der Waals surface area contributed by atoms with Crippen LogP contribution in [0.15, 0.2) is 83.1 Å². The number of phenolic OH excluding ortho intramolecular Hbond substituents is 1. The molecule has 44 heavy (non-hydrogen) atoms. The number of anilines is 1. The van der Waals surface area contributed by atoms with Gasteiger partial charge in [-0.2, -0.15) is 26.3 Å². The predicted molar refractivity (Wildman–Crippen MR) is 158 cm³/mol. The van der Waals surface area contributed by atoms with E-state index in [-0.39, 0.29) is 40.8 Å². The van der Waals surface area contributed by atoms with Crippen molar-refractivity contribution in [3.8, 4) is 21.9 Å². The van der Waals surface area contributed by atoms with Crippen molar-refractivity contribution < 1.29 is 44.6 Å². The molecule has 0 spiro atoms. The standard InChI is InChI=1S/C28H23F6N3O4S3/c29-27(30,31)18-13-19(28(32,33)34)15-20(14-18)37-26(42)35-10-11-36-44(39,40)25-9-8-24(43-25)22-6-1-2-7-23(22)41-16-17-4-3-5-21(38)12-17/h1-9,12-15,36,38H,10-11,16H2,(H2,35,37,42). The third-order valence-electron chi connectivity index (χ3n) is 5.85. The molecule has 0 fully saturated rings. The molecule has 0 aliphatic heterocycles. The van der Waals surface area contributed by atoms with Crippen molar-refractivity contribution in [3.63, 3.8) is 0 Å². The molecule has 3 aromatic carbocycles. The summed E-state index contributed by atoms with van der Waals surface area (Å²) >= 11 is 5.95. The van der Waals surface area contributed by atoms with E-state index in [4.69, 9.17) is 17.0 Å². The SMILES string of the molecule is O=S(=O)(NCCNC(=S)Nc1cc(C(F)(F)F)cc(C(F)(F)F)c1)c1ccc(-c2ccccc2OCc2cccc(O)c2)s1. The van der Waals surface area contributed by atoms with Crippen molar-refractivity contribution in [3.05, 3.63) is 95.6 Å². The molecule has 7 nitrogen and oxygen atoms in total. The van der Waals surface area contributed by atoms with E-state index in [0.29, 0.717) is 28.3 Å². The van der Waals surface area contributed by atoms with E-state index in [2.05, 4.69) is 15.4 Å². The number of thiophene rings is 1. The molecule has 1 aromatic heterocycles. The summed E-state index contributed by atoms with van der Waals surface area (Å²) in [6.45, 7) is -0.151. The van der Waals surface area contributed by atoms with E-state index in [1.807, 2.05) is 0 Å². The van der Waals surface area contributed by atoms with Crippen LogP contribution in [0.4, 0.5) is 32.0 Å². The lowest BCUT2D eigenvalue weighted by Crippen LogP contribution is -2.36. The number of hydrogen-bond donors (Lipinski definition) is 4. The molecule has 16 heteroatoms. The number of halogens is 6. The van der Waals surface area contributed by atoms with Gasteiger partial charge in [-0.05, 0) is 72.4 Å². The highest BCUT2D eigenvalue weighted by Gasteiger charge is 2.37. The molecule has 0 unspecified atom stereocenters. The summed E-state index contributed by atoms with van der Waals surface area (Å²) in [4.78, 5) is 0.611. The summed E-state index contributed by atoms with van der Waals surface area (Å²) in [6, 6.07) is 17.6. The molecule has 4 rings (SSSR count). The average Bonchev–Trinajstić information content (AvgIpc) is 3.45. The number of thiocarbonyl (C=S) groups is 1. The van der Waals surface area contributed by atoms with Crippen LogP contribution in [-0.2, 0) is 29.0 Å². The second kappa shape index (κ2) is 13.4. The van der Waals surface area contributed by atoms with Gasteiger partial charge in [-0.3, -0.25) is 0 Å². The third kappa shape index (κ3) is 8.84. The van der Waals surface area contributed by atoms with Crippen molar-refractivity contribution in [2.75, 3.05) is 18.4 Å². The third-order valence-corrected chi connectivity index (χ3v) is 9.17. The van der Waals surface area contributed by atoms with Crippen molar-refractivity contribution in [2.24, 2.45) is 0 Å². The maximum atomic E-state index is 13.1. The van der Waals surface area contributed by atoms with Crippen LogP contribution in [0.1, 0.15) is 16.7 Å². The van der Waals surface area contributed by atoms with Crippen LogP contribution in [-0.4, -0.2) is 31.7 Å². The Kier molecular flexibility index (Phi) is 10.1. The minimum atomic E-state index is -5.02. The van der Waals surface area contributed by atoms with Gasteiger partial charge in [0.1, 0.15) is 22.3 Å². The molecule has 1 heterocycles. The topological polar surface area (TPSA) is 99.7 Å². The van der Waals surface area contributed by atoms with Crippen molar-refractivity contribution >= 4 is 44.4 Å². The van der Waals surface area contributed by atoms with Gasteiger partial charge in [-0.25, -0.2) is 13.1 Å². The largest absolute Gasteiger partial charge is 0.508 e. The molecule has 0 aliphatic rings. The Bertz CT molecular complexity index is 1710. The maximum absolute atomic E-state index is 13.1. The Labute approximate surface area is 257 Å². The second-order valence-electron chi connectivity index (χ2n) is 9.15. The zero-order chi connectivity index (χ0) is 32.1. The first-order chi connectivity index (χ1) is 20.6. The fraction of sp³-hybridized carbons (Fsp3) is 0.179. The summed E-state index contributed by atoms with van der Waals surface area (Å²) in [5.41, 5.74) is -2.16. The molecule has 0 atom stereocenters. The highest BCUT2D eigenvalue weighted by molar-refractivity contribution is 7.91. The van der Waals surface area contributed by atoms with Crippen molar-refractivity contribution in [1.29, 1.82) is 0 Å². The number of para-hydroxylation sites is 1. The van der Waals surface area contributed by atoms with Gasteiger partial charge in [0.25, 0.3) is 0 Å². The van der Waals surface area contributed by atoms with E-state index in [0.717, 1.165) is 16.9 Å². The first-order valence-corrected chi connectivity index (χ1v) is 15.3. The first-order valence-electron chi connectivity index (χ1n) is 12.6. The number of alkyl halides is 6. The molecule has 0 amide bonds. The smallest absolute Gasteiger partial charge is 0.416 e. The molecule has 0 bridgehead atoms. The highest BCUT2D eigenvalue weighted by atomic mass is 32.2. The second-order valence-corrected chi connectivity index (χ2v) is 12.6. The number of phenols is 1. The van der Waals surface area contributed by atoms with E-state index in [9.17, 15) is 39.9 Å². The lowest BCUT2D eigenvalue weighted by molar-refractivity contribution is -0.143. The average molecular weight is 676 g/mol. The minimum absolute atomic E-state index is 0.000341. The highest BCUT2D eigenvalue weighted by Crippen LogP contribution is 2.38. The van der Waals surface area contributed by atoms with Gasteiger partial charge in [0, 0.05) is 29.2 Å². The summed E-state index contributed by atoms with van der Waals surface area (Å²) in [5, 5.41) is 14.2. The van der Waals surface area contributed by atoms with Gasteiger partial charge >= 0.3 is 12.4 Å². The molecular weight excluding hydrogens is 653 g/mol. The fourth-order valence-electron chi connectivity index (χ4n) is 3.85. The Hall–Kier alpha value is -3.86. The van der Waals surface area contributed by atoms with Crippen LogP contribution in [0, 0.1) is 0 Å². The van der Waals surface area contributed by atoms with Crippen molar-refractivity contribution in [2.45, 2.75) is 23.2 Å². The monoisotopic (exact) mass is 675 g/mol. The lowest BCUT2D eigenvalue weighted by Gasteiger charge is -2.16. The van der Waals surface area contributed by atoms with E-state index < -0.39 is 39.2 Å². The van der Waals surface area contributed by atoms with Crippen LogP contribution in [0.3, 0.4) is 0 Å². The number of sulfonamides is 1. The molecular formula is C28H23F6N3O4S3. The van der Waals surface area contributed by atoms with E-state index in [1.165, 1.54) is 12.1 Å². The summed E-state index contributed by atoms with van der Waals surface area (Å²) in [5.74, 6) is 0.603. The van der Waals surface area contributed by atoms with E-state index in [1.54, 1.807) is 48.5 Å². The summed E-state index contributed by atoms with van der Waals surface area (Å²) in [6.07, 6.45) is -10.0. The number of aromatic hydroxyl groups is 1. The number of nitrogens with one attached hydrogen (secondary N) is 3. The summed E-state index contributed by atoms with van der Waals surface area (Å²) < 4.78 is 112. The minimum Gasteiger partial charge on any atom is -0.508 e. The molecule has 234 valence electrons. The fourth-order valence-corrected chi connectivity index (χ4v) is 6.48. The molecule has 0 saturated heterocycles. The first kappa shape index (κ1) is 33.0. The number of hydrogen-bond acceptors (Lipinski definition) is 6. The van der Waals surface area contributed by atoms with Crippen LogP contribution in [0.2, 0.25) is 0 Å². The van der Waals surface area contributed by atoms with Crippen LogP contribution >= 0.6 is 23.6 Å². The molecule has 0 radical (unpaired) electrons. The van der Waals surface area contributed by atoms with Gasteiger partial charge < -0.3 is 20.5 Å². The zero-order valence-electron chi connectivity index (χ0n) is 22.3. The molecule has 4 N–H and O–H groups in total. The lowest BCUT2D eigenvalue weighted by atomic mass is 10.1. The van der Waals surface area contributed by atoms with Gasteiger partial charge in [0.05, 0.1) is 11.1 Å². The molecule has 0 saturated carbocycles. The van der Waals surface area contributed by atoms with E-state index >= 15 is 0 Å². The summed E-state index contributed by atoms with van der Waals surface area (Å²) in [7, 11) is -3.97. The van der Waals surface area contributed by atoms with Gasteiger partial charge in [0.15, 0.2) is 5.11 Å². The number of rotatable bonds is 10. The van der Waals surface area contributed by atoms with Gasteiger partial charge in [-0.15, -0.1) is 11.3 Å². The van der Waals surface area contributed by atoms with Crippen LogP contribution in [0.25, 0.3) is 10.4 Å². The quantitative estimate of drug-likeness (QED) is 0.0817. The molecule has 4 aromatic rings. The Morgan fingerprint density at radius 2 is 1.55 bits per heavy atom. The zero-order valence-corrected chi connectivity index (χ0v) is 24.7. The van der Waals surface area contributed by atoms with Crippen LogP contribution in [0.5, 0.6) is 11.5 Å². The number of ether oxygens (including phenoxy) is 1. The van der Waals surface area contributed by atoms with Crippen molar-refractivity contribution in [1.82, 2.24) is 10.0 Å². The Balaban J connectivity index is 1.34. The molecule has 0 aliphatic carbocycles. The maximum Gasteiger partial charge on any atom is 0.416 e. The van der Waals surface area contributed by atoms with Gasteiger partial charge in [0.2, 0.25) is 10.0 Å². The Morgan fingerprint density at radius 3 is 2.20 bits per heavy atom. The Morgan fingerprint density at radius 1 is 0.864 bits per heavy atom. The van der Waals surface area contributed by atoms with Gasteiger partial charge in [-0.1, -0.05) is 24.3 Å². The normalized spacial score (nSPS) is 12.1. The number of benzene rings is 3. The van der Waals surface area contributed by atoms with Crippen LogP contribution < -0.4 is 20.1 Å².